The highest BCUT2D eigenvalue weighted by Crippen LogP contribution is 2.27. The molecule has 0 bridgehead atoms. The Balaban J connectivity index is 2.74. The molecular weight excluding hydrogens is 338 g/mol. The lowest BCUT2D eigenvalue weighted by Gasteiger charge is -2.08. The molecule has 0 aliphatic rings. The summed E-state index contributed by atoms with van der Waals surface area (Å²) in [6.45, 7) is 0.0764. The molecule has 0 saturated heterocycles. The summed E-state index contributed by atoms with van der Waals surface area (Å²) in [4.78, 5) is 10.4. The summed E-state index contributed by atoms with van der Waals surface area (Å²) in [6.07, 6.45) is 0.161. The van der Waals surface area contributed by atoms with Crippen LogP contribution in [-0.2, 0) is 14.8 Å². The van der Waals surface area contributed by atoms with Crippen LogP contribution in [0.3, 0.4) is 0 Å². The molecule has 0 aliphatic heterocycles. The summed E-state index contributed by atoms with van der Waals surface area (Å²) in [5.41, 5.74) is 0. The van der Waals surface area contributed by atoms with Crippen molar-refractivity contribution in [3.05, 3.63) is 22.7 Å². The first-order valence-electron chi connectivity index (χ1n) is 5.42. The first kappa shape index (κ1) is 15.9. The average Bonchev–Trinajstić information content (AvgIpc) is 2.35. The standard InChI is InChI=1S/C11H14BrNO5S/c1-18-10-7-8(4-5-9(10)12)19(16,17)13-6-2-3-11(14)15/h4-5,7,13H,2-3,6H2,1H3,(H,14,15). The van der Waals surface area contributed by atoms with Crippen LogP contribution in [0.4, 0.5) is 0 Å². The second-order valence-corrected chi connectivity index (χ2v) is 6.31. The van der Waals surface area contributed by atoms with Crippen LogP contribution in [0.25, 0.3) is 0 Å². The molecule has 0 atom stereocenters. The maximum absolute atomic E-state index is 11.9. The third-order valence-corrected chi connectivity index (χ3v) is 4.41. The molecule has 19 heavy (non-hydrogen) atoms. The van der Waals surface area contributed by atoms with Gasteiger partial charge in [-0.3, -0.25) is 4.79 Å². The van der Waals surface area contributed by atoms with E-state index in [1.54, 1.807) is 6.07 Å². The molecule has 0 spiro atoms. The first-order chi connectivity index (χ1) is 8.86. The highest BCUT2D eigenvalue weighted by atomic mass is 79.9. The van der Waals surface area contributed by atoms with Gasteiger partial charge in [-0.1, -0.05) is 0 Å². The molecule has 0 aromatic heterocycles. The van der Waals surface area contributed by atoms with Crippen LogP contribution in [0.15, 0.2) is 27.6 Å². The zero-order valence-electron chi connectivity index (χ0n) is 10.2. The fraction of sp³-hybridized carbons (Fsp3) is 0.364. The molecule has 0 radical (unpaired) electrons. The Labute approximate surface area is 120 Å². The lowest BCUT2D eigenvalue weighted by molar-refractivity contribution is -0.137. The molecule has 1 aromatic rings. The Morgan fingerprint density at radius 3 is 2.74 bits per heavy atom. The van der Waals surface area contributed by atoms with E-state index in [4.69, 9.17) is 9.84 Å². The highest BCUT2D eigenvalue weighted by molar-refractivity contribution is 9.10. The Morgan fingerprint density at radius 2 is 2.16 bits per heavy atom. The smallest absolute Gasteiger partial charge is 0.303 e. The van der Waals surface area contributed by atoms with Gasteiger partial charge in [-0.05, 0) is 34.5 Å². The number of nitrogens with one attached hydrogen (secondary N) is 1. The van der Waals surface area contributed by atoms with Crippen molar-refractivity contribution < 1.29 is 23.1 Å². The van der Waals surface area contributed by atoms with Gasteiger partial charge in [0.05, 0.1) is 16.5 Å². The van der Waals surface area contributed by atoms with E-state index in [9.17, 15) is 13.2 Å². The number of carbonyl (C=O) groups is 1. The van der Waals surface area contributed by atoms with Gasteiger partial charge in [0.2, 0.25) is 10.0 Å². The molecule has 6 nitrogen and oxygen atoms in total. The maximum atomic E-state index is 11.9. The molecular formula is C11H14BrNO5S. The zero-order chi connectivity index (χ0) is 14.5. The molecule has 106 valence electrons. The van der Waals surface area contributed by atoms with E-state index in [1.807, 2.05) is 0 Å². The van der Waals surface area contributed by atoms with E-state index in [0.717, 1.165) is 0 Å². The molecule has 1 aromatic carbocycles. The Kier molecular flexibility index (Phi) is 5.77. The molecule has 0 saturated carbocycles. The number of hydrogen-bond acceptors (Lipinski definition) is 4. The van der Waals surface area contributed by atoms with Gasteiger partial charge >= 0.3 is 5.97 Å². The van der Waals surface area contributed by atoms with Crippen molar-refractivity contribution in [3.63, 3.8) is 0 Å². The van der Waals surface area contributed by atoms with Crippen LogP contribution in [0, 0.1) is 0 Å². The normalized spacial score (nSPS) is 11.3. The van der Waals surface area contributed by atoms with Crippen LogP contribution < -0.4 is 9.46 Å². The fourth-order valence-electron chi connectivity index (χ4n) is 1.34. The molecule has 0 amide bonds. The monoisotopic (exact) mass is 351 g/mol. The molecule has 0 unspecified atom stereocenters. The van der Waals surface area contributed by atoms with Gasteiger partial charge in [-0.25, -0.2) is 13.1 Å². The van der Waals surface area contributed by atoms with Crippen molar-refractivity contribution in [1.29, 1.82) is 0 Å². The number of benzene rings is 1. The quantitative estimate of drug-likeness (QED) is 0.727. The van der Waals surface area contributed by atoms with E-state index in [1.165, 1.54) is 19.2 Å². The number of methoxy groups -OCH3 is 1. The van der Waals surface area contributed by atoms with Crippen LogP contribution in [0.2, 0.25) is 0 Å². The zero-order valence-corrected chi connectivity index (χ0v) is 12.6. The van der Waals surface area contributed by atoms with Crippen molar-refractivity contribution in [2.75, 3.05) is 13.7 Å². The lowest BCUT2D eigenvalue weighted by Crippen LogP contribution is -2.25. The van der Waals surface area contributed by atoms with Crippen LogP contribution in [-0.4, -0.2) is 33.1 Å². The van der Waals surface area contributed by atoms with E-state index in [2.05, 4.69) is 20.7 Å². The first-order valence-corrected chi connectivity index (χ1v) is 7.69. The SMILES string of the molecule is COc1cc(S(=O)(=O)NCCCC(=O)O)ccc1Br. The number of carboxylic acid groups (broad SMARTS) is 1. The summed E-state index contributed by atoms with van der Waals surface area (Å²) in [5, 5.41) is 8.46. The molecule has 0 aliphatic carbocycles. The van der Waals surface area contributed by atoms with Crippen LogP contribution >= 0.6 is 15.9 Å². The lowest BCUT2D eigenvalue weighted by atomic mass is 10.3. The van der Waals surface area contributed by atoms with E-state index in [0.29, 0.717) is 10.2 Å². The van der Waals surface area contributed by atoms with Crippen molar-refractivity contribution in [2.45, 2.75) is 17.7 Å². The third-order valence-electron chi connectivity index (χ3n) is 2.29. The number of ether oxygens (including phenoxy) is 1. The second kappa shape index (κ2) is 6.88. The Morgan fingerprint density at radius 1 is 1.47 bits per heavy atom. The van der Waals surface area contributed by atoms with E-state index >= 15 is 0 Å². The summed E-state index contributed by atoms with van der Waals surface area (Å²) >= 11 is 3.23. The van der Waals surface area contributed by atoms with E-state index < -0.39 is 16.0 Å². The van der Waals surface area contributed by atoms with Gasteiger partial charge in [0.1, 0.15) is 5.75 Å². The van der Waals surface area contributed by atoms with Gasteiger partial charge in [0.15, 0.2) is 0 Å². The second-order valence-electron chi connectivity index (χ2n) is 3.69. The fourth-order valence-corrected chi connectivity index (χ4v) is 2.83. The highest BCUT2D eigenvalue weighted by Gasteiger charge is 2.15. The largest absolute Gasteiger partial charge is 0.496 e. The van der Waals surface area contributed by atoms with Crippen molar-refractivity contribution in [2.24, 2.45) is 0 Å². The summed E-state index contributed by atoms with van der Waals surface area (Å²) in [7, 11) is -2.21. The van der Waals surface area contributed by atoms with Gasteiger partial charge in [0.25, 0.3) is 0 Å². The molecule has 8 heteroatoms. The molecule has 1 rings (SSSR count). The minimum atomic E-state index is -3.65. The number of carboxylic acids is 1. The minimum Gasteiger partial charge on any atom is -0.496 e. The minimum absolute atomic E-state index is 0.0721. The topological polar surface area (TPSA) is 92.7 Å². The summed E-state index contributed by atoms with van der Waals surface area (Å²) in [5.74, 6) is -0.544. The number of hydrogen-bond donors (Lipinski definition) is 2. The van der Waals surface area contributed by atoms with Crippen molar-refractivity contribution in [1.82, 2.24) is 4.72 Å². The van der Waals surface area contributed by atoms with Gasteiger partial charge in [0, 0.05) is 19.0 Å². The van der Waals surface area contributed by atoms with E-state index in [-0.39, 0.29) is 24.3 Å². The van der Waals surface area contributed by atoms with Crippen LogP contribution in [0.5, 0.6) is 5.75 Å². The summed E-state index contributed by atoms with van der Waals surface area (Å²) in [6, 6.07) is 4.40. The van der Waals surface area contributed by atoms with Gasteiger partial charge < -0.3 is 9.84 Å². The average molecular weight is 352 g/mol. The van der Waals surface area contributed by atoms with Gasteiger partial charge in [-0.2, -0.15) is 0 Å². The third kappa shape index (κ3) is 4.81. The number of aliphatic carboxylic acids is 1. The number of halogens is 1. The molecule has 2 N–H and O–H groups in total. The maximum Gasteiger partial charge on any atom is 0.303 e. The number of rotatable bonds is 7. The molecule has 0 fully saturated rings. The van der Waals surface area contributed by atoms with Crippen molar-refractivity contribution in [3.8, 4) is 5.75 Å². The Hall–Kier alpha value is -1.12. The summed E-state index contributed by atoms with van der Waals surface area (Å²) < 4.78 is 31.9. The molecule has 0 heterocycles. The van der Waals surface area contributed by atoms with Gasteiger partial charge in [-0.15, -0.1) is 0 Å². The number of sulfonamides is 1. The van der Waals surface area contributed by atoms with Crippen LogP contribution in [0.1, 0.15) is 12.8 Å². The predicted octanol–water partition coefficient (Wildman–Crippen LogP) is 1.60. The predicted molar refractivity (Wildman–Crippen MR) is 72.8 cm³/mol. The van der Waals surface area contributed by atoms with Crippen molar-refractivity contribution >= 4 is 31.9 Å². The Bertz CT molecular complexity index is 558.